The molecule has 2 aromatic rings. The predicted molar refractivity (Wildman–Crippen MR) is 92.2 cm³/mol. The SMILES string of the molecule is COc1cc(NC(=O)N2CCCc3ccccc3C2)ccc1Cl. The lowest BCUT2D eigenvalue weighted by Gasteiger charge is -2.21. The van der Waals surface area contributed by atoms with Crippen molar-refractivity contribution in [1.82, 2.24) is 4.90 Å². The third kappa shape index (κ3) is 3.59. The molecule has 0 unspecified atom stereocenters. The molecule has 0 saturated carbocycles. The van der Waals surface area contributed by atoms with E-state index in [2.05, 4.69) is 23.5 Å². The minimum Gasteiger partial charge on any atom is -0.495 e. The summed E-state index contributed by atoms with van der Waals surface area (Å²) in [5.74, 6) is 0.547. The molecular formula is C18H19ClN2O2. The first kappa shape index (κ1) is 15.7. The van der Waals surface area contributed by atoms with E-state index in [1.165, 1.54) is 11.1 Å². The molecule has 0 fully saturated rings. The second kappa shape index (κ2) is 6.92. The number of aryl methyl sites for hydroxylation is 1. The normalized spacial score (nSPS) is 13.9. The van der Waals surface area contributed by atoms with Gasteiger partial charge in [-0.2, -0.15) is 0 Å². The first-order valence-corrected chi connectivity index (χ1v) is 8.01. The van der Waals surface area contributed by atoms with Gasteiger partial charge in [0.1, 0.15) is 5.75 Å². The van der Waals surface area contributed by atoms with Crippen LogP contribution in [0.5, 0.6) is 5.75 Å². The van der Waals surface area contributed by atoms with Crippen molar-refractivity contribution in [2.24, 2.45) is 0 Å². The van der Waals surface area contributed by atoms with Crippen LogP contribution < -0.4 is 10.1 Å². The maximum absolute atomic E-state index is 12.6. The Morgan fingerprint density at radius 1 is 1.22 bits per heavy atom. The van der Waals surface area contributed by atoms with Crippen molar-refractivity contribution in [1.29, 1.82) is 0 Å². The summed E-state index contributed by atoms with van der Waals surface area (Å²) in [5.41, 5.74) is 3.22. The van der Waals surface area contributed by atoms with Gasteiger partial charge in [0, 0.05) is 24.8 Å². The van der Waals surface area contributed by atoms with Crippen molar-refractivity contribution in [2.45, 2.75) is 19.4 Å². The molecule has 23 heavy (non-hydrogen) atoms. The number of nitrogens with one attached hydrogen (secondary N) is 1. The third-order valence-electron chi connectivity index (χ3n) is 4.04. The van der Waals surface area contributed by atoms with Gasteiger partial charge in [0.05, 0.1) is 12.1 Å². The van der Waals surface area contributed by atoms with Crippen LogP contribution >= 0.6 is 11.6 Å². The summed E-state index contributed by atoms with van der Waals surface area (Å²) in [6.07, 6.45) is 1.98. The molecule has 1 aliphatic heterocycles. The van der Waals surface area contributed by atoms with Crippen molar-refractivity contribution in [2.75, 3.05) is 19.0 Å². The highest BCUT2D eigenvalue weighted by molar-refractivity contribution is 6.32. The monoisotopic (exact) mass is 330 g/mol. The van der Waals surface area contributed by atoms with E-state index in [1.807, 2.05) is 11.0 Å². The van der Waals surface area contributed by atoms with Crippen LogP contribution in [-0.2, 0) is 13.0 Å². The lowest BCUT2D eigenvalue weighted by atomic mass is 10.0. The number of urea groups is 1. The average molecular weight is 331 g/mol. The number of rotatable bonds is 2. The number of methoxy groups -OCH3 is 1. The molecule has 3 rings (SSSR count). The highest BCUT2D eigenvalue weighted by atomic mass is 35.5. The number of amides is 2. The lowest BCUT2D eigenvalue weighted by Crippen LogP contribution is -2.34. The Balaban J connectivity index is 1.73. The number of hydrogen-bond acceptors (Lipinski definition) is 2. The van der Waals surface area contributed by atoms with Gasteiger partial charge in [-0.3, -0.25) is 0 Å². The Morgan fingerprint density at radius 3 is 2.78 bits per heavy atom. The summed E-state index contributed by atoms with van der Waals surface area (Å²) in [6.45, 7) is 1.37. The number of fused-ring (bicyclic) bond motifs is 1. The fraction of sp³-hybridized carbons (Fsp3) is 0.278. The fourth-order valence-corrected chi connectivity index (χ4v) is 3.01. The third-order valence-corrected chi connectivity index (χ3v) is 4.36. The minimum atomic E-state index is -0.105. The lowest BCUT2D eigenvalue weighted by molar-refractivity contribution is 0.210. The topological polar surface area (TPSA) is 41.6 Å². The van der Waals surface area contributed by atoms with Crippen molar-refractivity contribution >= 4 is 23.3 Å². The number of halogens is 1. The molecule has 1 N–H and O–H groups in total. The van der Waals surface area contributed by atoms with Crippen molar-refractivity contribution in [3.05, 3.63) is 58.6 Å². The minimum absolute atomic E-state index is 0.105. The quantitative estimate of drug-likeness (QED) is 0.890. The summed E-state index contributed by atoms with van der Waals surface area (Å²) in [4.78, 5) is 14.4. The highest BCUT2D eigenvalue weighted by Crippen LogP contribution is 2.28. The van der Waals surface area contributed by atoms with Crippen LogP contribution in [-0.4, -0.2) is 24.6 Å². The van der Waals surface area contributed by atoms with Gasteiger partial charge < -0.3 is 15.0 Å². The summed E-state index contributed by atoms with van der Waals surface area (Å²) in [6, 6.07) is 13.4. The molecule has 0 aliphatic carbocycles. The van der Waals surface area contributed by atoms with E-state index < -0.39 is 0 Å². The van der Waals surface area contributed by atoms with Crippen molar-refractivity contribution < 1.29 is 9.53 Å². The number of hydrogen-bond donors (Lipinski definition) is 1. The summed E-state index contributed by atoms with van der Waals surface area (Å²) in [7, 11) is 1.55. The van der Waals surface area contributed by atoms with Gasteiger partial charge in [-0.05, 0) is 36.1 Å². The van der Waals surface area contributed by atoms with Gasteiger partial charge in [-0.25, -0.2) is 4.79 Å². The maximum Gasteiger partial charge on any atom is 0.322 e. The molecule has 1 heterocycles. The number of nitrogens with zero attached hydrogens (tertiary/aromatic N) is 1. The van der Waals surface area contributed by atoms with Crippen molar-refractivity contribution in [3.63, 3.8) is 0 Å². The number of carbonyl (C=O) groups excluding carboxylic acids is 1. The Morgan fingerprint density at radius 2 is 2.00 bits per heavy atom. The second-order valence-corrected chi connectivity index (χ2v) is 5.98. The Kier molecular flexibility index (Phi) is 4.72. The van der Waals surface area contributed by atoms with Gasteiger partial charge in [-0.15, -0.1) is 0 Å². The predicted octanol–water partition coefficient (Wildman–Crippen LogP) is 4.33. The van der Waals surface area contributed by atoms with Crippen LogP contribution in [0.3, 0.4) is 0 Å². The molecule has 0 aromatic heterocycles. The second-order valence-electron chi connectivity index (χ2n) is 5.57. The molecule has 0 atom stereocenters. The van der Waals surface area contributed by atoms with Gasteiger partial charge in [0.2, 0.25) is 0 Å². The molecule has 2 aromatic carbocycles. The first-order valence-electron chi connectivity index (χ1n) is 7.63. The molecule has 0 spiro atoms. The summed E-state index contributed by atoms with van der Waals surface area (Å²) in [5, 5.41) is 3.44. The zero-order valence-corrected chi connectivity index (χ0v) is 13.8. The average Bonchev–Trinajstić information content (AvgIpc) is 2.79. The highest BCUT2D eigenvalue weighted by Gasteiger charge is 2.19. The standard InChI is InChI=1S/C18H19ClN2O2/c1-23-17-11-15(8-9-16(17)19)20-18(22)21-10-4-7-13-5-2-3-6-14(13)12-21/h2-3,5-6,8-9,11H,4,7,10,12H2,1H3,(H,20,22). The molecule has 4 nitrogen and oxygen atoms in total. The van der Waals surface area contributed by atoms with E-state index in [0.717, 1.165) is 19.4 Å². The summed E-state index contributed by atoms with van der Waals surface area (Å²) < 4.78 is 5.18. The van der Waals surface area contributed by atoms with Gasteiger partial charge >= 0.3 is 6.03 Å². The van der Waals surface area contributed by atoms with Crippen LogP contribution in [0, 0.1) is 0 Å². The molecule has 120 valence electrons. The van der Waals surface area contributed by atoms with Gasteiger partial charge in [-0.1, -0.05) is 35.9 Å². The van der Waals surface area contributed by atoms with Crippen LogP contribution in [0.4, 0.5) is 10.5 Å². The van der Waals surface area contributed by atoms with E-state index in [0.29, 0.717) is 23.0 Å². The molecule has 1 aliphatic rings. The van der Waals surface area contributed by atoms with Crippen LogP contribution in [0.25, 0.3) is 0 Å². The largest absolute Gasteiger partial charge is 0.495 e. The fourth-order valence-electron chi connectivity index (χ4n) is 2.81. The number of anilines is 1. The molecule has 5 heteroatoms. The van der Waals surface area contributed by atoms with Gasteiger partial charge in [0.25, 0.3) is 0 Å². The number of benzene rings is 2. The summed E-state index contributed by atoms with van der Waals surface area (Å²) >= 11 is 6.01. The maximum atomic E-state index is 12.6. The Hall–Kier alpha value is -2.20. The van der Waals surface area contributed by atoms with E-state index in [4.69, 9.17) is 16.3 Å². The first-order chi connectivity index (χ1) is 11.2. The molecule has 2 amide bonds. The van der Waals surface area contributed by atoms with Crippen molar-refractivity contribution in [3.8, 4) is 5.75 Å². The van der Waals surface area contributed by atoms with E-state index >= 15 is 0 Å². The van der Waals surface area contributed by atoms with E-state index in [-0.39, 0.29) is 6.03 Å². The van der Waals surface area contributed by atoms with E-state index in [9.17, 15) is 4.79 Å². The van der Waals surface area contributed by atoms with Crippen LogP contribution in [0.15, 0.2) is 42.5 Å². The van der Waals surface area contributed by atoms with Crippen LogP contribution in [0.2, 0.25) is 5.02 Å². The van der Waals surface area contributed by atoms with E-state index in [1.54, 1.807) is 25.3 Å². The Labute approximate surface area is 141 Å². The molecule has 0 saturated heterocycles. The zero-order chi connectivity index (χ0) is 16.2. The molecule has 0 bridgehead atoms. The van der Waals surface area contributed by atoms with Crippen LogP contribution in [0.1, 0.15) is 17.5 Å². The Bertz CT molecular complexity index is 718. The molecule has 0 radical (unpaired) electrons. The zero-order valence-electron chi connectivity index (χ0n) is 13.0. The number of carbonyl (C=O) groups is 1. The molecular weight excluding hydrogens is 312 g/mol. The van der Waals surface area contributed by atoms with Gasteiger partial charge in [0.15, 0.2) is 0 Å². The number of ether oxygens (including phenoxy) is 1. The smallest absolute Gasteiger partial charge is 0.322 e.